The summed E-state index contributed by atoms with van der Waals surface area (Å²) >= 11 is 0. The maximum Gasteiger partial charge on any atom is 0.264 e. The summed E-state index contributed by atoms with van der Waals surface area (Å²) < 4.78 is 3.30. The average Bonchev–Trinajstić information content (AvgIpc) is 3.42. The van der Waals surface area contributed by atoms with Crippen LogP contribution < -0.4 is 11.1 Å². The van der Waals surface area contributed by atoms with E-state index in [4.69, 9.17) is 0 Å². The van der Waals surface area contributed by atoms with Crippen molar-refractivity contribution >= 4 is 54.9 Å². The highest BCUT2D eigenvalue weighted by Crippen LogP contribution is 2.30. The standard InChI is InChI=1S/C24H14N4O2/c1-11-3-5-17-19(7-11)27-21(25-17)13-9-16-14(10-15(13)23(27)29)22-26-18-6-4-12(2)8-20(18)28(22)24(16)30/h3-10H,1-2H3. The zero-order valence-electron chi connectivity index (χ0n) is 16.2. The fourth-order valence-corrected chi connectivity index (χ4v) is 4.71. The molecule has 0 aliphatic heterocycles. The van der Waals surface area contributed by atoms with E-state index in [1.165, 1.54) is 0 Å². The molecule has 0 atom stereocenters. The fraction of sp³-hybridized carbons (Fsp3) is 0.0833. The molecular formula is C24H14N4O2. The molecule has 0 radical (unpaired) electrons. The molecule has 142 valence electrons. The summed E-state index contributed by atoms with van der Waals surface area (Å²) in [5, 5.41) is 2.52. The van der Waals surface area contributed by atoms with Crippen molar-refractivity contribution in [1.82, 2.24) is 18.8 Å². The van der Waals surface area contributed by atoms with Crippen LogP contribution in [0.5, 0.6) is 0 Å². The molecule has 0 unspecified atom stereocenters. The summed E-state index contributed by atoms with van der Waals surface area (Å²) in [6.45, 7) is 3.98. The number of nitrogens with zero attached hydrogens (tertiary/aromatic N) is 4. The van der Waals surface area contributed by atoms with Crippen molar-refractivity contribution < 1.29 is 0 Å². The van der Waals surface area contributed by atoms with Crippen molar-refractivity contribution in [2.45, 2.75) is 13.8 Å². The van der Waals surface area contributed by atoms with E-state index in [0.717, 1.165) is 33.2 Å². The Morgan fingerprint density at radius 1 is 0.600 bits per heavy atom. The Labute approximate surface area is 168 Å². The summed E-state index contributed by atoms with van der Waals surface area (Å²) in [5.74, 6) is 0. The molecule has 0 fully saturated rings. The zero-order valence-corrected chi connectivity index (χ0v) is 16.2. The molecule has 4 aromatic heterocycles. The van der Waals surface area contributed by atoms with Crippen LogP contribution >= 0.6 is 0 Å². The van der Waals surface area contributed by atoms with Crippen molar-refractivity contribution in [3.05, 3.63) is 80.4 Å². The van der Waals surface area contributed by atoms with Gasteiger partial charge in [-0.05, 0) is 61.4 Å². The summed E-state index contributed by atoms with van der Waals surface area (Å²) in [6.07, 6.45) is 0. The van der Waals surface area contributed by atoms with Gasteiger partial charge in [-0.1, -0.05) is 12.1 Å². The van der Waals surface area contributed by atoms with Gasteiger partial charge in [-0.25, -0.2) is 9.97 Å². The molecule has 0 spiro atoms. The molecule has 30 heavy (non-hydrogen) atoms. The van der Waals surface area contributed by atoms with Gasteiger partial charge in [0, 0.05) is 10.8 Å². The van der Waals surface area contributed by atoms with Crippen LogP contribution in [-0.4, -0.2) is 18.8 Å². The Morgan fingerprint density at radius 3 is 1.47 bits per heavy atom. The highest BCUT2D eigenvalue weighted by molar-refractivity contribution is 6.11. The van der Waals surface area contributed by atoms with Gasteiger partial charge in [0.05, 0.1) is 32.8 Å². The molecular weight excluding hydrogens is 376 g/mol. The lowest BCUT2D eigenvalue weighted by molar-refractivity contribution is 1.21. The Kier molecular flexibility index (Phi) is 2.59. The monoisotopic (exact) mass is 390 g/mol. The molecule has 0 aliphatic carbocycles. The van der Waals surface area contributed by atoms with E-state index in [1.807, 2.05) is 50.2 Å². The lowest BCUT2D eigenvalue weighted by Gasteiger charge is -1.93. The maximum atomic E-state index is 13.3. The number of imidazole rings is 2. The van der Waals surface area contributed by atoms with Crippen molar-refractivity contribution in [2.75, 3.05) is 0 Å². The second-order valence-electron chi connectivity index (χ2n) is 8.08. The molecule has 0 amide bonds. The van der Waals surface area contributed by atoms with Gasteiger partial charge in [0.15, 0.2) is 0 Å². The third-order valence-electron chi connectivity index (χ3n) is 6.13. The van der Waals surface area contributed by atoms with Crippen molar-refractivity contribution in [3.8, 4) is 0 Å². The molecule has 3 aromatic carbocycles. The normalized spacial score (nSPS) is 12.6. The molecule has 7 rings (SSSR count). The summed E-state index contributed by atoms with van der Waals surface area (Å²) in [6, 6.07) is 15.4. The SMILES string of the molecule is Cc1ccc2nc3c4cc5c(=O)n6c7cc(C)ccc7nc6c5cc4c(=O)n3c2c1. The van der Waals surface area contributed by atoms with E-state index in [2.05, 4.69) is 9.97 Å². The quantitative estimate of drug-likeness (QED) is 0.395. The van der Waals surface area contributed by atoms with Gasteiger partial charge in [0.2, 0.25) is 0 Å². The van der Waals surface area contributed by atoms with Gasteiger partial charge in [0.1, 0.15) is 11.3 Å². The van der Waals surface area contributed by atoms with Crippen LogP contribution in [0.25, 0.3) is 54.9 Å². The second kappa shape index (κ2) is 4.91. The van der Waals surface area contributed by atoms with Crippen LogP contribution in [-0.2, 0) is 0 Å². The van der Waals surface area contributed by atoms with Crippen molar-refractivity contribution in [2.24, 2.45) is 0 Å². The molecule has 4 heterocycles. The third kappa shape index (κ3) is 1.71. The highest BCUT2D eigenvalue weighted by Gasteiger charge is 2.21. The number of rotatable bonds is 0. The minimum Gasteiger partial charge on any atom is -0.268 e. The Bertz CT molecular complexity index is 1820. The van der Waals surface area contributed by atoms with Crippen LogP contribution in [0.2, 0.25) is 0 Å². The number of hydrogen-bond donors (Lipinski definition) is 0. The van der Waals surface area contributed by atoms with Gasteiger partial charge in [-0.3, -0.25) is 18.4 Å². The van der Waals surface area contributed by atoms with Crippen LogP contribution in [0, 0.1) is 13.8 Å². The Balaban J connectivity index is 1.72. The zero-order chi connectivity index (χ0) is 20.3. The average molecular weight is 390 g/mol. The Hall–Kier alpha value is -4.06. The molecule has 0 aliphatic rings. The minimum atomic E-state index is -0.117. The van der Waals surface area contributed by atoms with Gasteiger partial charge >= 0.3 is 0 Å². The van der Waals surface area contributed by atoms with Crippen LogP contribution in [0.3, 0.4) is 0 Å². The van der Waals surface area contributed by atoms with E-state index in [9.17, 15) is 9.59 Å². The first-order valence-electron chi connectivity index (χ1n) is 9.78. The second-order valence-corrected chi connectivity index (χ2v) is 8.08. The van der Waals surface area contributed by atoms with E-state index in [-0.39, 0.29) is 11.1 Å². The van der Waals surface area contributed by atoms with Gasteiger partial charge in [-0.2, -0.15) is 0 Å². The first-order chi connectivity index (χ1) is 14.5. The third-order valence-corrected chi connectivity index (χ3v) is 6.13. The van der Waals surface area contributed by atoms with Crippen molar-refractivity contribution in [3.63, 3.8) is 0 Å². The lowest BCUT2D eigenvalue weighted by Crippen LogP contribution is -2.06. The summed E-state index contributed by atoms with van der Waals surface area (Å²) in [4.78, 5) is 36.0. The molecule has 0 saturated carbocycles. The summed E-state index contributed by atoms with van der Waals surface area (Å²) in [5.41, 5.74) is 6.22. The van der Waals surface area contributed by atoms with E-state index >= 15 is 0 Å². The molecule has 0 bridgehead atoms. The lowest BCUT2D eigenvalue weighted by atomic mass is 10.1. The van der Waals surface area contributed by atoms with Crippen molar-refractivity contribution in [1.29, 1.82) is 0 Å². The molecule has 0 N–H and O–H groups in total. The molecule has 6 nitrogen and oxygen atoms in total. The number of aryl methyl sites for hydroxylation is 2. The number of hydrogen-bond acceptors (Lipinski definition) is 4. The maximum absolute atomic E-state index is 13.3. The molecule has 0 saturated heterocycles. The predicted octanol–water partition coefficient (Wildman–Crippen LogP) is 3.81. The van der Waals surface area contributed by atoms with E-state index in [1.54, 1.807) is 20.9 Å². The summed E-state index contributed by atoms with van der Waals surface area (Å²) in [7, 11) is 0. The van der Waals surface area contributed by atoms with Gasteiger partial charge in [-0.15, -0.1) is 0 Å². The van der Waals surface area contributed by atoms with Crippen LogP contribution in [0.4, 0.5) is 0 Å². The van der Waals surface area contributed by atoms with E-state index in [0.29, 0.717) is 32.8 Å². The smallest absolute Gasteiger partial charge is 0.264 e. The van der Waals surface area contributed by atoms with Gasteiger partial charge < -0.3 is 0 Å². The number of aromatic nitrogens is 4. The minimum absolute atomic E-state index is 0.117. The largest absolute Gasteiger partial charge is 0.268 e. The van der Waals surface area contributed by atoms with Crippen LogP contribution in [0.1, 0.15) is 11.1 Å². The number of benzene rings is 3. The topological polar surface area (TPSA) is 68.7 Å². The van der Waals surface area contributed by atoms with Gasteiger partial charge in [0.25, 0.3) is 11.1 Å². The first kappa shape index (κ1) is 15.8. The number of fused-ring (bicyclic) bond motifs is 10. The van der Waals surface area contributed by atoms with Crippen LogP contribution in [0.15, 0.2) is 58.1 Å². The molecule has 7 aromatic rings. The highest BCUT2D eigenvalue weighted by atomic mass is 16.1. The first-order valence-corrected chi connectivity index (χ1v) is 9.78. The fourth-order valence-electron chi connectivity index (χ4n) is 4.71. The Morgan fingerprint density at radius 2 is 1.03 bits per heavy atom. The van der Waals surface area contributed by atoms with E-state index < -0.39 is 0 Å². The molecule has 6 heteroatoms. The predicted molar refractivity (Wildman–Crippen MR) is 118 cm³/mol.